The smallest absolute Gasteiger partial charge is 0.410 e. The monoisotopic (exact) mass is 448 g/mol. The van der Waals surface area contributed by atoms with Crippen LogP contribution in [0.2, 0.25) is 0 Å². The summed E-state index contributed by atoms with van der Waals surface area (Å²) in [5.74, 6) is 0.0498. The van der Waals surface area contributed by atoms with Gasteiger partial charge in [0.1, 0.15) is 29.1 Å². The lowest BCUT2D eigenvalue weighted by Crippen LogP contribution is -2.49. The molecular formula is C22H28N2O6S. The van der Waals surface area contributed by atoms with Crippen LogP contribution in [-0.4, -0.2) is 67.1 Å². The highest BCUT2D eigenvalue weighted by Gasteiger charge is 2.28. The van der Waals surface area contributed by atoms with Crippen molar-refractivity contribution in [2.45, 2.75) is 39.4 Å². The van der Waals surface area contributed by atoms with Crippen molar-refractivity contribution in [2.75, 3.05) is 33.4 Å². The van der Waals surface area contributed by atoms with Gasteiger partial charge in [-0.2, -0.15) is 0 Å². The number of benzene rings is 1. The molecule has 0 radical (unpaired) electrons. The number of rotatable bonds is 5. The van der Waals surface area contributed by atoms with Gasteiger partial charge in [-0.05, 0) is 45.9 Å². The summed E-state index contributed by atoms with van der Waals surface area (Å²) < 4.78 is 22.0. The van der Waals surface area contributed by atoms with Gasteiger partial charge in [0, 0.05) is 23.2 Å². The summed E-state index contributed by atoms with van der Waals surface area (Å²) in [5, 5.41) is 0.790. The SMILES string of the molecule is COC(=O)c1cc(OC[C@H]2CN(C(=O)OC(C)(C)C)CCO2)cc(-c2ncc(C)s2)c1. The zero-order valence-corrected chi connectivity index (χ0v) is 19.3. The van der Waals surface area contributed by atoms with E-state index in [9.17, 15) is 9.59 Å². The number of carbonyl (C=O) groups excluding carboxylic acids is 2. The van der Waals surface area contributed by atoms with E-state index in [0.717, 1.165) is 15.4 Å². The number of nitrogens with zero attached hydrogens (tertiary/aromatic N) is 2. The molecule has 1 aromatic carbocycles. The Morgan fingerprint density at radius 3 is 2.71 bits per heavy atom. The van der Waals surface area contributed by atoms with Crippen LogP contribution in [0.3, 0.4) is 0 Å². The first-order chi connectivity index (χ1) is 14.6. The third-order valence-corrected chi connectivity index (χ3v) is 5.38. The molecular weight excluding hydrogens is 420 g/mol. The molecule has 1 atom stereocenters. The van der Waals surface area contributed by atoms with Crippen molar-refractivity contribution in [3.8, 4) is 16.3 Å². The van der Waals surface area contributed by atoms with Gasteiger partial charge in [-0.15, -0.1) is 11.3 Å². The number of hydrogen-bond acceptors (Lipinski definition) is 8. The highest BCUT2D eigenvalue weighted by Crippen LogP contribution is 2.30. The maximum absolute atomic E-state index is 12.3. The number of esters is 1. The standard InChI is InChI=1S/C22H28N2O6S/c1-14-11-23-19(31-14)15-8-16(20(25)27-5)10-17(9-15)29-13-18-12-24(6-7-28-18)21(26)30-22(2,3)4/h8-11,18H,6-7,12-13H2,1-5H3/t18-/m1/s1. The van der Waals surface area contributed by atoms with Crippen molar-refractivity contribution in [3.05, 3.63) is 34.8 Å². The molecule has 1 fully saturated rings. The first-order valence-corrected chi connectivity index (χ1v) is 10.8. The van der Waals surface area contributed by atoms with Gasteiger partial charge in [0.2, 0.25) is 0 Å². The van der Waals surface area contributed by atoms with Gasteiger partial charge in [0.25, 0.3) is 0 Å². The number of ether oxygens (including phenoxy) is 4. The van der Waals surface area contributed by atoms with E-state index in [-0.39, 0.29) is 18.8 Å². The molecule has 1 aliphatic heterocycles. The molecule has 1 aromatic heterocycles. The molecule has 1 saturated heterocycles. The minimum Gasteiger partial charge on any atom is -0.491 e. The summed E-state index contributed by atoms with van der Waals surface area (Å²) in [6.07, 6.45) is 1.11. The zero-order chi connectivity index (χ0) is 22.6. The number of amides is 1. The Hall–Kier alpha value is -2.65. The molecule has 0 saturated carbocycles. The van der Waals surface area contributed by atoms with E-state index >= 15 is 0 Å². The summed E-state index contributed by atoms with van der Waals surface area (Å²) in [7, 11) is 1.34. The molecule has 9 heteroatoms. The van der Waals surface area contributed by atoms with Gasteiger partial charge in [0.15, 0.2) is 0 Å². The molecule has 0 unspecified atom stereocenters. The number of methoxy groups -OCH3 is 1. The number of aromatic nitrogens is 1. The minimum atomic E-state index is -0.555. The summed E-state index contributed by atoms with van der Waals surface area (Å²) in [6.45, 7) is 8.94. The van der Waals surface area contributed by atoms with E-state index in [2.05, 4.69) is 4.98 Å². The maximum Gasteiger partial charge on any atom is 0.410 e. The van der Waals surface area contributed by atoms with Crippen LogP contribution in [0.25, 0.3) is 10.6 Å². The summed E-state index contributed by atoms with van der Waals surface area (Å²) in [5.41, 5.74) is 0.596. The van der Waals surface area contributed by atoms with Crippen LogP contribution in [0.4, 0.5) is 4.79 Å². The fourth-order valence-electron chi connectivity index (χ4n) is 3.03. The molecule has 2 aromatic rings. The Bertz CT molecular complexity index is 936. The molecule has 2 heterocycles. The Kier molecular flexibility index (Phi) is 7.17. The van der Waals surface area contributed by atoms with E-state index in [0.29, 0.717) is 31.0 Å². The first-order valence-electron chi connectivity index (χ1n) is 10.0. The van der Waals surface area contributed by atoms with Crippen LogP contribution >= 0.6 is 11.3 Å². The molecule has 168 valence electrons. The second kappa shape index (κ2) is 9.65. The van der Waals surface area contributed by atoms with Crippen LogP contribution in [0.15, 0.2) is 24.4 Å². The first kappa shape index (κ1) is 23.0. The zero-order valence-electron chi connectivity index (χ0n) is 18.5. The van der Waals surface area contributed by atoms with Crippen molar-refractivity contribution in [1.29, 1.82) is 0 Å². The topological polar surface area (TPSA) is 87.2 Å². The van der Waals surface area contributed by atoms with Crippen LogP contribution < -0.4 is 4.74 Å². The van der Waals surface area contributed by atoms with Gasteiger partial charge in [0.05, 0.1) is 25.8 Å². The second-order valence-electron chi connectivity index (χ2n) is 8.24. The highest BCUT2D eigenvalue weighted by atomic mass is 32.1. The number of morpholine rings is 1. The largest absolute Gasteiger partial charge is 0.491 e. The molecule has 1 aliphatic rings. The van der Waals surface area contributed by atoms with Gasteiger partial charge in [-0.3, -0.25) is 0 Å². The van der Waals surface area contributed by atoms with Gasteiger partial charge in [-0.1, -0.05) is 0 Å². The van der Waals surface area contributed by atoms with Gasteiger partial charge >= 0.3 is 12.1 Å². The predicted octanol–water partition coefficient (Wildman–Crippen LogP) is 3.92. The van der Waals surface area contributed by atoms with E-state index in [4.69, 9.17) is 18.9 Å². The third kappa shape index (κ3) is 6.41. The summed E-state index contributed by atoms with van der Waals surface area (Å²) >= 11 is 1.53. The van der Waals surface area contributed by atoms with Crippen LogP contribution in [0, 0.1) is 6.92 Å². The quantitative estimate of drug-likeness (QED) is 0.641. The van der Waals surface area contributed by atoms with Crippen LogP contribution in [-0.2, 0) is 14.2 Å². The molecule has 0 aliphatic carbocycles. The predicted molar refractivity (Wildman–Crippen MR) is 117 cm³/mol. The average Bonchev–Trinajstić information content (AvgIpc) is 3.17. The Morgan fingerprint density at radius 1 is 1.29 bits per heavy atom. The average molecular weight is 449 g/mol. The minimum absolute atomic E-state index is 0.222. The summed E-state index contributed by atoms with van der Waals surface area (Å²) in [4.78, 5) is 31.5. The number of aryl methyl sites for hydroxylation is 1. The second-order valence-corrected chi connectivity index (χ2v) is 9.48. The molecule has 31 heavy (non-hydrogen) atoms. The molecule has 8 nitrogen and oxygen atoms in total. The Morgan fingerprint density at radius 2 is 2.06 bits per heavy atom. The number of carbonyl (C=O) groups is 2. The van der Waals surface area contributed by atoms with E-state index in [1.165, 1.54) is 18.4 Å². The lowest BCUT2D eigenvalue weighted by molar-refractivity contribution is -0.0557. The maximum atomic E-state index is 12.3. The van der Waals surface area contributed by atoms with Crippen molar-refractivity contribution < 1.29 is 28.5 Å². The lowest BCUT2D eigenvalue weighted by atomic mass is 10.1. The fourth-order valence-corrected chi connectivity index (χ4v) is 3.78. The van der Waals surface area contributed by atoms with Crippen LogP contribution in [0.5, 0.6) is 5.75 Å². The highest BCUT2D eigenvalue weighted by molar-refractivity contribution is 7.14. The molecule has 0 bridgehead atoms. The van der Waals surface area contributed by atoms with E-state index in [1.807, 2.05) is 33.8 Å². The normalized spacial score (nSPS) is 16.7. The van der Waals surface area contributed by atoms with E-state index < -0.39 is 11.6 Å². The van der Waals surface area contributed by atoms with Crippen LogP contribution in [0.1, 0.15) is 36.0 Å². The number of thiazole rings is 1. The number of hydrogen-bond donors (Lipinski definition) is 0. The van der Waals surface area contributed by atoms with Gasteiger partial charge in [-0.25, -0.2) is 14.6 Å². The molecule has 1 amide bonds. The Labute approximate surface area is 186 Å². The summed E-state index contributed by atoms with van der Waals surface area (Å²) in [6, 6.07) is 5.20. The Balaban J connectivity index is 1.70. The molecule has 0 spiro atoms. The molecule has 0 N–H and O–H groups in total. The van der Waals surface area contributed by atoms with Crippen molar-refractivity contribution in [2.24, 2.45) is 0 Å². The third-order valence-electron chi connectivity index (χ3n) is 4.42. The fraction of sp³-hybridized carbons (Fsp3) is 0.500. The van der Waals surface area contributed by atoms with Crippen molar-refractivity contribution >= 4 is 23.4 Å². The lowest BCUT2D eigenvalue weighted by Gasteiger charge is -2.34. The van der Waals surface area contributed by atoms with Crippen molar-refractivity contribution in [1.82, 2.24) is 9.88 Å². The van der Waals surface area contributed by atoms with Gasteiger partial charge < -0.3 is 23.8 Å². The van der Waals surface area contributed by atoms with E-state index in [1.54, 1.807) is 23.2 Å². The molecule has 3 rings (SSSR count). The van der Waals surface area contributed by atoms with Crippen molar-refractivity contribution in [3.63, 3.8) is 0 Å².